The molecule has 0 bridgehead atoms. The first-order valence-corrected chi connectivity index (χ1v) is 11.9. The number of hydrogen-bond acceptors (Lipinski definition) is 7. The van der Waals surface area contributed by atoms with Crippen molar-refractivity contribution in [2.45, 2.75) is 4.90 Å². The lowest BCUT2D eigenvalue weighted by molar-refractivity contribution is 0.102. The first kappa shape index (κ1) is 23.7. The smallest absolute Gasteiger partial charge is 0.321 e. The fourth-order valence-corrected chi connectivity index (χ4v) is 4.41. The van der Waals surface area contributed by atoms with Gasteiger partial charge in [-0.25, -0.2) is 18.4 Å². The standard InChI is InChI=1S/C25H22N4O5S/c1-29(22-6-3-4-7-23(22)33-2)35(31,32)21-14-8-18(9-15-21)24(30)28-19-10-12-20(13-11-19)34-25-26-16-5-17-27-25/h3-17H,1-2H3,(H,28,30). The highest BCUT2D eigenvalue weighted by molar-refractivity contribution is 7.92. The van der Waals surface area contributed by atoms with Crippen LogP contribution in [0.5, 0.6) is 17.5 Å². The summed E-state index contributed by atoms with van der Waals surface area (Å²) in [5.74, 6) is 0.567. The summed E-state index contributed by atoms with van der Waals surface area (Å²) >= 11 is 0. The molecule has 0 saturated carbocycles. The summed E-state index contributed by atoms with van der Waals surface area (Å²) in [4.78, 5) is 20.7. The van der Waals surface area contributed by atoms with E-state index >= 15 is 0 Å². The van der Waals surface area contributed by atoms with E-state index in [4.69, 9.17) is 9.47 Å². The molecule has 0 unspecified atom stereocenters. The average molecular weight is 491 g/mol. The molecule has 1 N–H and O–H groups in total. The third-order valence-electron chi connectivity index (χ3n) is 5.06. The van der Waals surface area contributed by atoms with Gasteiger partial charge in [-0.2, -0.15) is 0 Å². The molecule has 4 rings (SSSR count). The second-order valence-corrected chi connectivity index (χ2v) is 9.25. The first-order chi connectivity index (χ1) is 16.9. The van der Waals surface area contributed by atoms with Gasteiger partial charge in [0.05, 0.1) is 17.7 Å². The van der Waals surface area contributed by atoms with Crippen molar-refractivity contribution in [3.05, 3.63) is 96.8 Å². The Labute approximate surface area is 203 Å². The zero-order chi connectivity index (χ0) is 24.8. The molecule has 0 saturated heterocycles. The van der Waals surface area contributed by atoms with E-state index in [0.717, 1.165) is 4.31 Å². The molecule has 0 fully saturated rings. The Morgan fingerprint density at radius 2 is 1.54 bits per heavy atom. The number of para-hydroxylation sites is 2. The number of carbonyl (C=O) groups is 1. The summed E-state index contributed by atoms with van der Waals surface area (Å²) in [6, 6.07) is 21.1. The van der Waals surface area contributed by atoms with Gasteiger partial charge in [-0.15, -0.1) is 0 Å². The van der Waals surface area contributed by atoms with Gasteiger partial charge in [-0.05, 0) is 66.7 Å². The summed E-state index contributed by atoms with van der Waals surface area (Å²) < 4.78 is 38.1. The topological polar surface area (TPSA) is 111 Å². The van der Waals surface area contributed by atoms with Crippen LogP contribution in [-0.2, 0) is 10.0 Å². The van der Waals surface area contributed by atoms with Crippen LogP contribution < -0.4 is 19.1 Å². The van der Waals surface area contributed by atoms with Crippen molar-refractivity contribution in [3.8, 4) is 17.5 Å². The quantitative estimate of drug-likeness (QED) is 0.391. The molecule has 0 atom stereocenters. The SMILES string of the molecule is COc1ccccc1N(C)S(=O)(=O)c1ccc(C(=O)Nc2ccc(Oc3ncccn3)cc2)cc1. The average Bonchev–Trinajstić information content (AvgIpc) is 2.90. The van der Waals surface area contributed by atoms with Crippen molar-refractivity contribution in [1.29, 1.82) is 0 Å². The zero-order valence-corrected chi connectivity index (χ0v) is 19.8. The van der Waals surface area contributed by atoms with Gasteiger partial charge in [-0.3, -0.25) is 9.10 Å². The van der Waals surface area contributed by atoms with Gasteiger partial charge in [0.15, 0.2) is 0 Å². The molecule has 35 heavy (non-hydrogen) atoms. The Hall–Kier alpha value is -4.44. The lowest BCUT2D eigenvalue weighted by atomic mass is 10.2. The van der Waals surface area contributed by atoms with E-state index in [1.54, 1.807) is 67.0 Å². The Bertz CT molecular complexity index is 1410. The highest BCUT2D eigenvalue weighted by atomic mass is 32.2. The van der Waals surface area contributed by atoms with E-state index in [0.29, 0.717) is 28.4 Å². The second-order valence-electron chi connectivity index (χ2n) is 7.28. The highest BCUT2D eigenvalue weighted by Crippen LogP contribution is 2.31. The Morgan fingerprint density at radius 1 is 0.886 bits per heavy atom. The Kier molecular flexibility index (Phi) is 6.93. The van der Waals surface area contributed by atoms with Crippen LogP contribution in [-0.4, -0.2) is 38.5 Å². The molecule has 0 aliphatic heterocycles. The maximum absolute atomic E-state index is 13.1. The fourth-order valence-electron chi connectivity index (χ4n) is 3.21. The van der Waals surface area contributed by atoms with Crippen LogP contribution in [0.2, 0.25) is 0 Å². The molecule has 0 radical (unpaired) electrons. The molecule has 1 aromatic heterocycles. The Morgan fingerprint density at radius 3 is 2.20 bits per heavy atom. The molecular formula is C25H22N4O5S. The van der Waals surface area contributed by atoms with Gasteiger partial charge in [-0.1, -0.05) is 12.1 Å². The summed E-state index contributed by atoms with van der Waals surface area (Å²) in [5.41, 5.74) is 1.26. The van der Waals surface area contributed by atoms with E-state index in [2.05, 4.69) is 15.3 Å². The predicted molar refractivity (Wildman–Crippen MR) is 132 cm³/mol. The van der Waals surface area contributed by atoms with Crippen molar-refractivity contribution < 1.29 is 22.7 Å². The van der Waals surface area contributed by atoms with Gasteiger partial charge in [0.2, 0.25) is 0 Å². The van der Waals surface area contributed by atoms with Crippen LogP contribution in [0.1, 0.15) is 10.4 Å². The molecular weight excluding hydrogens is 468 g/mol. The lowest BCUT2D eigenvalue weighted by Gasteiger charge is -2.21. The third-order valence-corrected chi connectivity index (χ3v) is 6.85. The highest BCUT2D eigenvalue weighted by Gasteiger charge is 2.24. The molecule has 10 heteroatoms. The van der Waals surface area contributed by atoms with Crippen LogP contribution in [0.4, 0.5) is 11.4 Å². The number of carbonyl (C=O) groups excluding carboxylic acids is 1. The first-order valence-electron chi connectivity index (χ1n) is 10.5. The molecule has 0 aliphatic carbocycles. The van der Waals surface area contributed by atoms with Crippen molar-refractivity contribution in [2.75, 3.05) is 23.8 Å². The van der Waals surface area contributed by atoms with Gasteiger partial charge in [0, 0.05) is 30.7 Å². The van der Waals surface area contributed by atoms with Crippen LogP contribution in [0.15, 0.2) is 96.2 Å². The number of hydrogen-bond donors (Lipinski definition) is 1. The minimum Gasteiger partial charge on any atom is -0.495 e. The van der Waals surface area contributed by atoms with Gasteiger partial charge in [0.1, 0.15) is 11.5 Å². The molecule has 3 aromatic carbocycles. The molecule has 9 nitrogen and oxygen atoms in total. The molecule has 0 spiro atoms. The van der Waals surface area contributed by atoms with Crippen molar-refractivity contribution in [1.82, 2.24) is 9.97 Å². The van der Waals surface area contributed by atoms with E-state index in [-0.39, 0.29) is 16.8 Å². The number of amides is 1. The lowest BCUT2D eigenvalue weighted by Crippen LogP contribution is -2.27. The number of ether oxygens (including phenoxy) is 2. The van der Waals surface area contributed by atoms with E-state index in [1.165, 1.54) is 38.4 Å². The predicted octanol–water partition coefficient (Wildman–Crippen LogP) is 4.35. The van der Waals surface area contributed by atoms with E-state index in [1.807, 2.05) is 0 Å². The largest absolute Gasteiger partial charge is 0.495 e. The van der Waals surface area contributed by atoms with Gasteiger partial charge in [0.25, 0.3) is 15.9 Å². The van der Waals surface area contributed by atoms with Crippen molar-refractivity contribution >= 4 is 27.3 Å². The number of sulfonamides is 1. The third kappa shape index (κ3) is 5.39. The molecule has 0 aliphatic rings. The minimum absolute atomic E-state index is 0.0482. The van der Waals surface area contributed by atoms with Crippen LogP contribution in [0.25, 0.3) is 0 Å². The van der Waals surface area contributed by atoms with Gasteiger partial charge >= 0.3 is 6.01 Å². The summed E-state index contributed by atoms with van der Waals surface area (Å²) in [5, 5.41) is 2.77. The number of methoxy groups -OCH3 is 1. The normalized spacial score (nSPS) is 10.9. The molecule has 4 aromatic rings. The number of nitrogens with zero attached hydrogens (tertiary/aromatic N) is 3. The molecule has 1 heterocycles. The zero-order valence-electron chi connectivity index (χ0n) is 19.0. The minimum atomic E-state index is -3.86. The monoisotopic (exact) mass is 490 g/mol. The summed E-state index contributed by atoms with van der Waals surface area (Å²) in [6.45, 7) is 0. The van der Waals surface area contributed by atoms with Crippen molar-refractivity contribution in [3.63, 3.8) is 0 Å². The maximum atomic E-state index is 13.1. The summed E-state index contributed by atoms with van der Waals surface area (Å²) in [7, 11) is -0.932. The van der Waals surface area contributed by atoms with Crippen LogP contribution in [0.3, 0.4) is 0 Å². The Balaban J connectivity index is 1.44. The number of benzene rings is 3. The van der Waals surface area contributed by atoms with Crippen LogP contribution >= 0.6 is 0 Å². The number of nitrogens with one attached hydrogen (secondary N) is 1. The second kappa shape index (κ2) is 10.2. The molecule has 1 amide bonds. The number of aromatic nitrogens is 2. The molecule has 178 valence electrons. The van der Waals surface area contributed by atoms with E-state index < -0.39 is 10.0 Å². The van der Waals surface area contributed by atoms with Gasteiger partial charge < -0.3 is 14.8 Å². The number of anilines is 2. The van der Waals surface area contributed by atoms with Crippen molar-refractivity contribution in [2.24, 2.45) is 0 Å². The fraction of sp³-hybridized carbons (Fsp3) is 0.0800. The summed E-state index contributed by atoms with van der Waals surface area (Å²) in [6.07, 6.45) is 3.15. The van der Waals surface area contributed by atoms with E-state index in [9.17, 15) is 13.2 Å². The maximum Gasteiger partial charge on any atom is 0.321 e. The number of rotatable bonds is 8. The van der Waals surface area contributed by atoms with Crippen LogP contribution in [0, 0.1) is 0 Å².